The molecule has 0 bridgehead atoms. The smallest absolute Gasteiger partial charge is 0.123 e. The van der Waals surface area contributed by atoms with Gasteiger partial charge in [0.05, 0.1) is 0 Å². The maximum Gasteiger partial charge on any atom is 0.123 e. The van der Waals surface area contributed by atoms with Gasteiger partial charge in [0.15, 0.2) is 0 Å². The minimum absolute atomic E-state index is 0.140. The molecule has 3 heteroatoms. The maximum absolute atomic E-state index is 12.8. The molecule has 0 aromatic heterocycles. The molecule has 1 aromatic carbocycles. The number of fused-ring (bicyclic) bond motifs is 1. The predicted molar refractivity (Wildman–Crippen MR) is 51.1 cm³/mol. The summed E-state index contributed by atoms with van der Waals surface area (Å²) in [7, 11) is -0.140. The first-order valence-electron chi connectivity index (χ1n) is 3.83. The Hall–Kier alpha value is -0.670. The molecule has 0 aliphatic carbocycles. The van der Waals surface area contributed by atoms with E-state index >= 15 is 0 Å². The third-order valence-electron chi connectivity index (χ3n) is 1.96. The molecule has 1 unspecified atom stereocenters. The number of halogens is 1. The van der Waals surface area contributed by atoms with Crippen LogP contribution in [-0.4, -0.2) is 12.4 Å². The summed E-state index contributed by atoms with van der Waals surface area (Å²) in [5.74, 6) is 3.82. The summed E-state index contributed by atoms with van der Waals surface area (Å²) in [6.45, 7) is 0.906. The number of hydrogen-bond donors (Lipinski definition) is 1. The molecular formula is C9H10FNS. The van der Waals surface area contributed by atoms with Crippen LogP contribution in [0, 0.1) is 5.82 Å². The van der Waals surface area contributed by atoms with Crippen molar-refractivity contribution in [2.45, 2.75) is 11.3 Å². The van der Waals surface area contributed by atoms with Crippen LogP contribution in [0.1, 0.15) is 5.56 Å². The van der Waals surface area contributed by atoms with Gasteiger partial charge in [-0.15, -0.1) is 0 Å². The summed E-state index contributed by atoms with van der Waals surface area (Å²) in [5.41, 5.74) is 1.10. The summed E-state index contributed by atoms with van der Waals surface area (Å²) in [4.78, 5) is 1.16. The highest BCUT2D eigenvalue weighted by Crippen LogP contribution is 2.29. The average Bonchev–Trinajstić information content (AvgIpc) is 2.04. The summed E-state index contributed by atoms with van der Waals surface area (Å²) >= 11 is 0. The highest BCUT2D eigenvalue weighted by molar-refractivity contribution is 8.12. The first-order chi connectivity index (χ1) is 5.77. The zero-order chi connectivity index (χ0) is 8.55. The average molecular weight is 183 g/mol. The van der Waals surface area contributed by atoms with Gasteiger partial charge in [0, 0.05) is 11.4 Å². The molecule has 1 N–H and O–H groups in total. The van der Waals surface area contributed by atoms with Crippen molar-refractivity contribution in [1.82, 2.24) is 4.72 Å². The van der Waals surface area contributed by atoms with Gasteiger partial charge >= 0.3 is 0 Å². The molecule has 0 spiro atoms. The van der Waals surface area contributed by atoms with Crippen molar-refractivity contribution in [1.29, 1.82) is 0 Å². The van der Waals surface area contributed by atoms with Crippen LogP contribution in [0.25, 0.3) is 0 Å². The van der Waals surface area contributed by atoms with Crippen LogP contribution >= 0.6 is 10.7 Å². The largest absolute Gasteiger partial charge is 0.266 e. The molecule has 2 rings (SSSR count). The summed E-state index contributed by atoms with van der Waals surface area (Å²) in [5, 5.41) is 0. The van der Waals surface area contributed by atoms with Gasteiger partial charge in [0.1, 0.15) is 5.82 Å². The molecule has 0 amide bonds. The monoisotopic (exact) mass is 183 g/mol. The Balaban J connectivity index is 2.53. The SMILES string of the molecule is C=S1NCCc2cc(F)ccc21. The minimum atomic E-state index is -0.146. The zero-order valence-electron chi connectivity index (χ0n) is 6.64. The summed E-state index contributed by atoms with van der Waals surface area (Å²) < 4.78 is 16.0. The highest BCUT2D eigenvalue weighted by Gasteiger charge is 2.10. The Labute approximate surface area is 73.7 Å². The van der Waals surface area contributed by atoms with E-state index in [0.717, 1.165) is 23.4 Å². The standard InChI is InChI=1S/C9H10FNS/c1-12-9-3-2-8(10)6-7(9)4-5-11-12/h2-3,6,11H,1,4-5H2. The van der Waals surface area contributed by atoms with Gasteiger partial charge in [0.25, 0.3) is 0 Å². The summed E-state index contributed by atoms with van der Waals surface area (Å²) in [6, 6.07) is 4.94. The maximum atomic E-state index is 12.8. The minimum Gasteiger partial charge on any atom is -0.266 e. The van der Waals surface area contributed by atoms with E-state index in [2.05, 4.69) is 10.6 Å². The van der Waals surface area contributed by atoms with Crippen LogP contribution in [0.3, 0.4) is 0 Å². The second kappa shape index (κ2) is 2.99. The Kier molecular flexibility index (Phi) is 1.98. The Morgan fingerprint density at radius 3 is 3.17 bits per heavy atom. The zero-order valence-corrected chi connectivity index (χ0v) is 7.46. The fraction of sp³-hybridized carbons (Fsp3) is 0.222. The van der Waals surface area contributed by atoms with E-state index in [1.165, 1.54) is 6.07 Å². The normalized spacial score (nSPS) is 21.9. The van der Waals surface area contributed by atoms with Crippen molar-refractivity contribution in [3.8, 4) is 0 Å². The lowest BCUT2D eigenvalue weighted by Gasteiger charge is -2.19. The molecule has 64 valence electrons. The molecule has 1 aliphatic heterocycles. The van der Waals surface area contributed by atoms with Crippen molar-refractivity contribution in [3.63, 3.8) is 0 Å². The summed E-state index contributed by atoms with van der Waals surface area (Å²) in [6.07, 6.45) is 0.909. The van der Waals surface area contributed by atoms with Crippen LogP contribution in [0.4, 0.5) is 4.39 Å². The molecule has 1 atom stereocenters. The molecule has 0 saturated heterocycles. The lowest BCUT2D eigenvalue weighted by atomic mass is 10.1. The van der Waals surface area contributed by atoms with E-state index in [4.69, 9.17) is 0 Å². The van der Waals surface area contributed by atoms with Crippen LogP contribution < -0.4 is 4.72 Å². The number of rotatable bonds is 0. The first kappa shape index (κ1) is 7.95. The molecule has 0 saturated carbocycles. The van der Waals surface area contributed by atoms with Crippen LogP contribution in [-0.2, 0) is 6.42 Å². The highest BCUT2D eigenvalue weighted by atomic mass is 32.2. The predicted octanol–water partition coefficient (Wildman–Crippen LogP) is 1.95. The lowest BCUT2D eigenvalue weighted by molar-refractivity contribution is 0.622. The topological polar surface area (TPSA) is 12.0 Å². The van der Waals surface area contributed by atoms with Gasteiger partial charge in [-0.05, 0) is 30.2 Å². The second-order valence-corrected chi connectivity index (χ2v) is 4.30. The van der Waals surface area contributed by atoms with Crippen molar-refractivity contribution in [2.75, 3.05) is 6.54 Å². The third kappa shape index (κ3) is 1.30. The van der Waals surface area contributed by atoms with E-state index in [1.54, 1.807) is 6.07 Å². The Morgan fingerprint density at radius 2 is 2.33 bits per heavy atom. The van der Waals surface area contributed by atoms with Crippen molar-refractivity contribution >= 4 is 16.5 Å². The Morgan fingerprint density at radius 1 is 1.50 bits per heavy atom. The molecule has 12 heavy (non-hydrogen) atoms. The van der Waals surface area contributed by atoms with Crippen molar-refractivity contribution in [2.24, 2.45) is 0 Å². The van der Waals surface area contributed by atoms with Gasteiger partial charge in [0.2, 0.25) is 0 Å². The quantitative estimate of drug-likeness (QED) is 0.606. The van der Waals surface area contributed by atoms with Crippen LogP contribution in [0.5, 0.6) is 0 Å². The van der Waals surface area contributed by atoms with Gasteiger partial charge in [-0.3, -0.25) is 4.72 Å². The number of nitrogens with one attached hydrogen (secondary N) is 1. The fourth-order valence-corrected chi connectivity index (χ4v) is 2.58. The van der Waals surface area contributed by atoms with E-state index in [-0.39, 0.29) is 16.5 Å². The molecule has 0 radical (unpaired) electrons. The molecular weight excluding hydrogens is 173 g/mol. The van der Waals surface area contributed by atoms with Gasteiger partial charge < -0.3 is 0 Å². The van der Waals surface area contributed by atoms with Gasteiger partial charge in [-0.2, -0.15) is 0 Å². The number of hydrogen-bond acceptors (Lipinski definition) is 1. The molecule has 1 aliphatic rings. The molecule has 1 nitrogen and oxygen atoms in total. The van der Waals surface area contributed by atoms with Crippen molar-refractivity contribution < 1.29 is 4.39 Å². The van der Waals surface area contributed by atoms with E-state index in [1.807, 2.05) is 6.07 Å². The van der Waals surface area contributed by atoms with Gasteiger partial charge in [-0.1, -0.05) is 16.5 Å². The first-order valence-corrected chi connectivity index (χ1v) is 5.22. The van der Waals surface area contributed by atoms with Crippen molar-refractivity contribution in [3.05, 3.63) is 29.6 Å². The van der Waals surface area contributed by atoms with E-state index in [9.17, 15) is 4.39 Å². The number of benzene rings is 1. The van der Waals surface area contributed by atoms with E-state index in [0.29, 0.717) is 0 Å². The second-order valence-electron chi connectivity index (χ2n) is 2.79. The van der Waals surface area contributed by atoms with E-state index < -0.39 is 0 Å². The van der Waals surface area contributed by atoms with Crippen LogP contribution in [0.2, 0.25) is 0 Å². The fourth-order valence-electron chi connectivity index (χ4n) is 1.37. The van der Waals surface area contributed by atoms with Gasteiger partial charge in [-0.25, -0.2) is 4.39 Å². The molecule has 0 fully saturated rings. The molecule has 1 aromatic rings. The molecule has 1 heterocycles. The lowest BCUT2D eigenvalue weighted by Crippen LogP contribution is -2.17. The van der Waals surface area contributed by atoms with Crippen LogP contribution in [0.15, 0.2) is 23.1 Å². The Bertz CT molecular complexity index is 335. The third-order valence-corrected chi connectivity index (χ3v) is 3.44.